The summed E-state index contributed by atoms with van der Waals surface area (Å²) in [4.78, 5) is 7.13. The van der Waals surface area contributed by atoms with Gasteiger partial charge in [-0.05, 0) is 39.7 Å². The van der Waals surface area contributed by atoms with Gasteiger partial charge in [-0.2, -0.15) is 0 Å². The number of likely N-dealkylation sites (N-methyl/N-ethyl adjacent to an activating group) is 1. The molecule has 0 aromatic heterocycles. The molecule has 1 saturated heterocycles. The van der Waals surface area contributed by atoms with Crippen molar-refractivity contribution in [3.8, 4) is 0 Å². The monoisotopic (exact) mass is 296 g/mol. The molecule has 5 heteroatoms. The van der Waals surface area contributed by atoms with E-state index in [4.69, 9.17) is 4.74 Å². The first-order chi connectivity index (χ1) is 10.3. The molecule has 1 aliphatic carbocycles. The zero-order valence-corrected chi connectivity index (χ0v) is 13.7. The number of hydrogen-bond donors (Lipinski definition) is 2. The molecular weight excluding hydrogens is 264 g/mol. The minimum absolute atomic E-state index is 0.321. The molecule has 0 spiro atoms. The van der Waals surface area contributed by atoms with Crippen molar-refractivity contribution in [1.29, 1.82) is 0 Å². The topological polar surface area (TPSA) is 48.9 Å². The van der Waals surface area contributed by atoms with Gasteiger partial charge in [0.25, 0.3) is 0 Å². The molecule has 2 fully saturated rings. The molecule has 1 unspecified atom stereocenters. The SMILES string of the molecule is CCNC(=NCC1CCCO1)NCCN(C)C1CCCC1. The minimum atomic E-state index is 0.321. The summed E-state index contributed by atoms with van der Waals surface area (Å²) < 4.78 is 5.62. The first kappa shape index (κ1) is 16.6. The zero-order valence-electron chi connectivity index (χ0n) is 13.7. The van der Waals surface area contributed by atoms with E-state index in [1.165, 1.54) is 32.1 Å². The summed E-state index contributed by atoms with van der Waals surface area (Å²) in [6.07, 6.45) is 8.17. The number of guanidine groups is 1. The molecule has 0 bridgehead atoms. The highest BCUT2D eigenvalue weighted by atomic mass is 16.5. The zero-order chi connectivity index (χ0) is 14.9. The molecule has 1 heterocycles. The number of hydrogen-bond acceptors (Lipinski definition) is 3. The van der Waals surface area contributed by atoms with Crippen LogP contribution in [0.1, 0.15) is 45.4 Å². The predicted octanol–water partition coefficient (Wildman–Crippen LogP) is 1.59. The summed E-state index contributed by atoms with van der Waals surface area (Å²) >= 11 is 0. The van der Waals surface area contributed by atoms with Crippen LogP contribution in [-0.4, -0.2) is 62.8 Å². The molecule has 1 atom stereocenters. The van der Waals surface area contributed by atoms with Gasteiger partial charge in [0, 0.05) is 32.3 Å². The Bertz CT molecular complexity index is 309. The van der Waals surface area contributed by atoms with E-state index in [1.807, 2.05) is 0 Å². The average molecular weight is 296 g/mol. The van der Waals surface area contributed by atoms with Gasteiger partial charge < -0.3 is 20.3 Å². The largest absolute Gasteiger partial charge is 0.376 e. The van der Waals surface area contributed by atoms with Crippen LogP contribution in [0.25, 0.3) is 0 Å². The van der Waals surface area contributed by atoms with Gasteiger partial charge in [-0.15, -0.1) is 0 Å². The van der Waals surface area contributed by atoms with E-state index in [0.717, 1.165) is 51.2 Å². The van der Waals surface area contributed by atoms with Crippen LogP contribution in [0.15, 0.2) is 4.99 Å². The van der Waals surface area contributed by atoms with Gasteiger partial charge in [0.2, 0.25) is 0 Å². The van der Waals surface area contributed by atoms with Gasteiger partial charge >= 0.3 is 0 Å². The van der Waals surface area contributed by atoms with Crippen molar-refractivity contribution in [2.75, 3.05) is 39.8 Å². The number of nitrogens with zero attached hydrogens (tertiary/aromatic N) is 2. The van der Waals surface area contributed by atoms with Crippen LogP contribution in [0.5, 0.6) is 0 Å². The number of aliphatic imine (C=N–C) groups is 1. The fourth-order valence-corrected chi connectivity index (χ4v) is 3.20. The Morgan fingerprint density at radius 1 is 1.19 bits per heavy atom. The lowest BCUT2D eigenvalue weighted by molar-refractivity contribution is 0.117. The van der Waals surface area contributed by atoms with Crippen molar-refractivity contribution >= 4 is 5.96 Å². The lowest BCUT2D eigenvalue weighted by Gasteiger charge is -2.24. The molecule has 5 nitrogen and oxygen atoms in total. The second kappa shape index (κ2) is 9.26. The molecule has 122 valence electrons. The third kappa shape index (κ3) is 5.83. The van der Waals surface area contributed by atoms with Crippen LogP contribution in [0, 0.1) is 0 Å². The van der Waals surface area contributed by atoms with Crippen molar-refractivity contribution in [3.05, 3.63) is 0 Å². The number of rotatable bonds is 7. The Morgan fingerprint density at radius 2 is 2.00 bits per heavy atom. The van der Waals surface area contributed by atoms with E-state index in [2.05, 4.69) is 34.5 Å². The van der Waals surface area contributed by atoms with Crippen molar-refractivity contribution in [2.24, 2.45) is 4.99 Å². The predicted molar refractivity (Wildman–Crippen MR) is 87.8 cm³/mol. The van der Waals surface area contributed by atoms with Gasteiger partial charge in [0.15, 0.2) is 5.96 Å². The molecule has 21 heavy (non-hydrogen) atoms. The summed E-state index contributed by atoms with van der Waals surface area (Å²) in [5, 5.41) is 6.76. The normalized spacial score (nSPS) is 24.0. The second-order valence-corrected chi connectivity index (χ2v) is 6.20. The lowest BCUT2D eigenvalue weighted by atomic mass is 10.2. The molecule has 1 aliphatic heterocycles. The standard InChI is InChI=1S/C16H32N4O/c1-3-17-16(19-13-15-9-6-12-21-15)18-10-11-20(2)14-7-4-5-8-14/h14-15H,3-13H2,1-2H3,(H2,17,18,19). The van der Waals surface area contributed by atoms with E-state index in [9.17, 15) is 0 Å². The van der Waals surface area contributed by atoms with Crippen LogP contribution < -0.4 is 10.6 Å². The Hall–Kier alpha value is -0.810. The molecule has 0 aromatic carbocycles. The highest BCUT2D eigenvalue weighted by Gasteiger charge is 2.19. The Labute approximate surface area is 129 Å². The van der Waals surface area contributed by atoms with E-state index < -0.39 is 0 Å². The fraction of sp³-hybridized carbons (Fsp3) is 0.938. The third-order valence-corrected chi connectivity index (χ3v) is 4.53. The summed E-state index contributed by atoms with van der Waals surface area (Å²) in [5.74, 6) is 0.924. The first-order valence-electron chi connectivity index (χ1n) is 8.63. The Balaban J connectivity index is 1.67. The van der Waals surface area contributed by atoms with Crippen LogP contribution in [0.4, 0.5) is 0 Å². The van der Waals surface area contributed by atoms with E-state index in [-0.39, 0.29) is 0 Å². The first-order valence-corrected chi connectivity index (χ1v) is 8.63. The van der Waals surface area contributed by atoms with Crippen LogP contribution in [0.2, 0.25) is 0 Å². The summed E-state index contributed by atoms with van der Waals surface area (Å²) in [7, 11) is 2.24. The molecule has 2 N–H and O–H groups in total. The van der Waals surface area contributed by atoms with Gasteiger partial charge in [-0.1, -0.05) is 12.8 Å². The highest BCUT2D eigenvalue weighted by Crippen LogP contribution is 2.21. The molecule has 2 aliphatic rings. The highest BCUT2D eigenvalue weighted by molar-refractivity contribution is 5.79. The summed E-state index contributed by atoms with van der Waals surface area (Å²) in [6, 6.07) is 0.790. The van der Waals surface area contributed by atoms with Gasteiger partial charge in [-0.3, -0.25) is 4.99 Å². The van der Waals surface area contributed by atoms with Crippen LogP contribution in [0.3, 0.4) is 0 Å². The van der Waals surface area contributed by atoms with E-state index in [0.29, 0.717) is 6.10 Å². The molecule has 0 amide bonds. The molecule has 0 aromatic rings. The molecular formula is C16H32N4O. The Morgan fingerprint density at radius 3 is 2.67 bits per heavy atom. The van der Waals surface area contributed by atoms with E-state index >= 15 is 0 Å². The van der Waals surface area contributed by atoms with Gasteiger partial charge in [-0.25, -0.2) is 0 Å². The summed E-state index contributed by atoms with van der Waals surface area (Å²) in [6.45, 7) is 6.70. The molecule has 1 saturated carbocycles. The van der Waals surface area contributed by atoms with Crippen LogP contribution >= 0.6 is 0 Å². The third-order valence-electron chi connectivity index (χ3n) is 4.53. The molecule has 0 radical (unpaired) electrons. The van der Waals surface area contributed by atoms with E-state index in [1.54, 1.807) is 0 Å². The maximum Gasteiger partial charge on any atom is 0.191 e. The fourth-order valence-electron chi connectivity index (χ4n) is 3.20. The lowest BCUT2D eigenvalue weighted by Crippen LogP contribution is -2.42. The number of nitrogens with one attached hydrogen (secondary N) is 2. The van der Waals surface area contributed by atoms with Crippen molar-refractivity contribution in [3.63, 3.8) is 0 Å². The van der Waals surface area contributed by atoms with Crippen LogP contribution in [-0.2, 0) is 4.74 Å². The number of ether oxygens (including phenoxy) is 1. The summed E-state index contributed by atoms with van der Waals surface area (Å²) in [5.41, 5.74) is 0. The maximum absolute atomic E-state index is 5.62. The van der Waals surface area contributed by atoms with Gasteiger partial charge in [0.05, 0.1) is 12.6 Å². The second-order valence-electron chi connectivity index (χ2n) is 6.20. The van der Waals surface area contributed by atoms with Crippen molar-refractivity contribution in [1.82, 2.24) is 15.5 Å². The Kier molecular flexibility index (Phi) is 7.30. The van der Waals surface area contributed by atoms with Gasteiger partial charge in [0.1, 0.15) is 0 Å². The van der Waals surface area contributed by atoms with Crippen molar-refractivity contribution in [2.45, 2.75) is 57.6 Å². The average Bonchev–Trinajstić information content (AvgIpc) is 3.17. The quantitative estimate of drug-likeness (QED) is 0.553. The maximum atomic E-state index is 5.62. The van der Waals surface area contributed by atoms with Crippen molar-refractivity contribution < 1.29 is 4.74 Å². The smallest absolute Gasteiger partial charge is 0.191 e. The molecule has 2 rings (SSSR count). The minimum Gasteiger partial charge on any atom is -0.376 e.